The van der Waals surface area contributed by atoms with E-state index in [1.807, 2.05) is 0 Å². The molecule has 0 N–H and O–H groups in total. The van der Waals surface area contributed by atoms with E-state index in [0.29, 0.717) is 6.42 Å². The third-order valence-electron chi connectivity index (χ3n) is 1.94. The van der Waals surface area contributed by atoms with E-state index in [2.05, 4.69) is 6.92 Å². The molecule has 0 aromatic rings. The van der Waals surface area contributed by atoms with Gasteiger partial charge >= 0.3 is 0 Å². The Hall–Kier alpha value is 1.83. The second-order valence-electron chi connectivity index (χ2n) is 3.50. The zero-order chi connectivity index (χ0) is 11.7. The molecule has 0 aromatic carbocycles. The molecule has 1 unspecified atom stereocenters. The number of ether oxygens (including phenoxy) is 1. The second-order valence-corrected chi connectivity index (χ2v) is 6.50. The normalized spacial score (nSPS) is 13.3. The van der Waals surface area contributed by atoms with Gasteiger partial charge in [-0.3, -0.25) is 0 Å². The molecule has 0 saturated carbocycles. The van der Waals surface area contributed by atoms with Gasteiger partial charge < -0.3 is 4.74 Å². The van der Waals surface area contributed by atoms with Crippen LogP contribution in [0.2, 0.25) is 0 Å². The summed E-state index contributed by atoms with van der Waals surface area (Å²) in [4.78, 5) is 0. The molecule has 0 aliphatic carbocycles. The summed E-state index contributed by atoms with van der Waals surface area (Å²) in [6.45, 7) is 2.87. The van der Waals surface area contributed by atoms with E-state index >= 15 is 0 Å². The third-order valence-corrected chi connectivity index (χ3v) is 2.85. The Morgan fingerprint density at radius 2 is 1.75 bits per heavy atom. The van der Waals surface area contributed by atoms with Crippen LogP contribution in [0.15, 0.2) is 0 Å². The Morgan fingerprint density at radius 3 is 2.25 bits per heavy atom. The second kappa shape index (κ2) is 11.9. The van der Waals surface area contributed by atoms with Crippen LogP contribution >= 0.6 is 46.4 Å². The van der Waals surface area contributed by atoms with E-state index in [0.717, 1.165) is 25.9 Å². The number of hydrogen-bond acceptors (Lipinski definition) is 1. The minimum absolute atomic E-state index is 0. The Labute approximate surface area is 133 Å². The largest absolute Gasteiger partial charge is 0.362 e. The molecular weight excluding hydrogens is 326 g/mol. The van der Waals surface area contributed by atoms with Gasteiger partial charge in [-0.25, -0.2) is 0 Å². The van der Waals surface area contributed by atoms with Crippen molar-refractivity contribution in [1.29, 1.82) is 0 Å². The molecule has 0 rings (SSSR count). The van der Waals surface area contributed by atoms with E-state index in [4.69, 9.17) is 51.1 Å². The topological polar surface area (TPSA) is 9.23 Å². The van der Waals surface area contributed by atoms with E-state index in [9.17, 15) is 0 Å². The fourth-order valence-corrected chi connectivity index (χ4v) is 1.75. The van der Waals surface area contributed by atoms with Crippen molar-refractivity contribution in [2.75, 3.05) is 6.61 Å². The quantitative estimate of drug-likeness (QED) is 0.330. The van der Waals surface area contributed by atoms with Gasteiger partial charge in [-0.15, -0.1) is 0 Å². The van der Waals surface area contributed by atoms with Gasteiger partial charge in [0.15, 0.2) is 3.79 Å². The first-order valence-corrected chi connectivity index (χ1v) is 6.85. The average Bonchev–Trinajstić information content (AvgIpc) is 2.10. The van der Waals surface area contributed by atoms with Gasteiger partial charge in [0.05, 0.1) is 0 Å². The molecule has 0 heterocycles. The van der Waals surface area contributed by atoms with Crippen LogP contribution in [-0.2, 0) is 26.5 Å². The van der Waals surface area contributed by atoms with Crippen LogP contribution in [-0.4, -0.2) is 16.0 Å². The molecule has 0 aliphatic heterocycles. The van der Waals surface area contributed by atoms with E-state index in [1.165, 1.54) is 12.8 Å². The molecule has 96 valence electrons. The smallest absolute Gasteiger partial charge is 0.190 e. The average molecular weight is 344 g/mol. The van der Waals surface area contributed by atoms with Gasteiger partial charge in [0.1, 0.15) is 5.56 Å². The molecule has 0 bridgehead atoms. The van der Waals surface area contributed by atoms with E-state index in [-0.39, 0.29) is 27.3 Å². The van der Waals surface area contributed by atoms with Crippen molar-refractivity contribution in [2.24, 2.45) is 0 Å². The van der Waals surface area contributed by atoms with Gasteiger partial charge in [-0.2, -0.15) is 0 Å². The first kappa shape index (κ1) is 20.2. The minimum Gasteiger partial charge on any atom is -0.362 e. The van der Waals surface area contributed by atoms with Crippen molar-refractivity contribution < 1.29 is 26.5 Å². The molecule has 1 atom stereocenters. The predicted octanol–water partition coefficient (Wildman–Crippen LogP) is 5.30. The van der Waals surface area contributed by atoms with Crippen LogP contribution in [0.3, 0.4) is 0 Å². The van der Waals surface area contributed by atoms with Crippen LogP contribution < -0.4 is 0 Å². The molecule has 0 aromatic heterocycles. The summed E-state index contributed by atoms with van der Waals surface area (Å²) in [5.41, 5.74) is -0.255. The predicted molar refractivity (Wildman–Crippen MR) is 69.3 cm³/mol. The molecule has 0 aliphatic rings. The van der Waals surface area contributed by atoms with Gasteiger partial charge in [0.25, 0.3) is 0 Å². The summed E-state index contributed by atoms with van der Waals surface area (Å²) >= 11 is 22.8. The first-order chi connectivity index (χ1) is 6.95. The van der Waals surface area contributed by atoms with Crippen molar-refractivity contribution >= 4 is 46.4 Å². The molecular formula is C10H18Cl4OTi. The summed E-state index contributed by atoms with van der Waals surface area (Å²) in [5.74, 6) is 0. The summed E-state index contributed by atoms with van der Waals surface area (Å²) in [6, 6.07) is 0. The Kier molecular flexibility index (Phi) is 15.0. The first-order valence-electron chi connectivity index (χ1n) is 5.28. The summed E-state index contributed by atoms with van der Waals surface area (Å²) in [7, 11) is 0. The molecule has 1 nitrogen and oxygen atoms in total. The molecule has 6 heteroatoms. The number of unbranched alkanes of at least 4 members (excludes halogenated alkanes) is 2. The van der Waals surface area contributed by atoms with E-state index in [1.54, 1.807) is 0 Å². The van der Waals surface area contributed by atoms with Crippen LogP contribution in [0.1, 0.15) is 45.4 Å². The van der Waals surface area contributed by atoms with Crippen LogP contribution in [0.25, 0.3) is 0 Å². The summed E-state index contributed by atoms with van der Waals surface area (Å²) in [5, 5.41) is 0. The maximum absolute atomic E-state index is 5.94. The van der Waals surface area contributed by atoms with E-state index < -0.39 is 3.79 Å². The van der Waals surface area contributed by atoms with Crippen molar-refractivity contribution in [3.8, 4) is 0 Å². The zero-order valence-corrected chi connectivity index (χ0v) is 14.0. The van der Waals surface area contributed by atoms with Crippen LogP contribution in [0, 0.1) is 0 Å². The fraction of sp³-hybridized carbons (Fsp3) is 1.00. The Balaban J connectivity index is 0. The number of alkyl halides is 4. The monoisotopic (exact) mass is 342 g/mol. The van der Waals surface area contributed by atoms with Crippen molar-refractivity contribution in [2.45, 2.75) is 54.8 Å². The molecule has 16 heavy (non-hydrogen) atoms. The SMILES string of the molecule is CCCCCOC(Cl)CCCC(Cl)(Cl)Cl.[Ti]. The third kappa shape index (κ3) is 15.8. The fourth-order valence-electron chi connectivity index (χ4n) is 1.11. The van der Waals surface area contributed by atoms with Crippen LogP contribution in [0.5, 0.6) is 0 Å². The van der Waals surface area contributed by atoms with Gasteiger partial charge in [0.2, 0.25) is 0 Å². The van der Waals surface area contributed by atoms with Crippen LogP contribution in [0.4, 0.5) is 0 Å². The summed E-state index contributed by atoms with van der Waals surface area (Å²) < 4.78 is 4.23. The maximum Gasteiger partial charge on any atom is 0.190 e. The Morgan fingerprint density at radius 1 is 1.12 bits per heavy atom. The minimum atomic E-state index is -1.17. The van der Waals surface area contributed by atoms with Crippen molar-refractivity contribution in [3.63, 3.8) is 0 Å². The van der Waals surface area contributed by atoms with Crippen molar-refractivity contribution in [1.82, 2.24) is 0 Å². The van der Waals surface area contributed by atoms with Gasteiger partial charge in [0, 0.05) is 28.3 Å². The number of rotatable bonds is 8. The number of halogens is 4. The standard InChI is InChI=1S/C10H18Cl4O.Ti/c1-2-3-4-8-15-9(11)6-5-7-10(12,13)14;/h9H,2-8H2,1H3;. The molecule has 0 spiro atoms. The summed E-state index contributed by atoms with van der Waals surface area (Å²) in [6.07, 6.45) is 5.42. The van der Waals surface area contributed by atoms with Gasteiger partial charge in [-0.05, 0) is 25.7 Å². The number of hydrogen-bond donors (Lipinski definition) is 0. The molecule has 0 amide bonds. The van der Waals surface area contributed by atoms with Crippen molar-refractivity contribution in [3.05, 3.63) is 0 Å². The maximum atomic E-state index is 5.94. The molecule has 0 fully saturated rings. The zero-order valence-electron chi connectivity index (χ0n) is 9.45. The Bertz CT molecular complexity index is 152. The molecule has 0 radical (unpaired) electrons. The van der Waals surface area contributed by atoms with Gasteiger partial charge in [-0.1, -0.05) is 66.2 Å². The molecule has 0 saturated heterocycles.